The van der Waals surface area contributed by atoms with Crippen LogP contribution in [0.4, 0.5) is 0 Å². The Morgan fingerprint density at radius 2 is 1.52 bits per heavy atom. The van der Waals surface area contributed by atoms with E-state index < -0.39 is 52.9 Å². The Hall–Kier alpha value is -1.03. The van der Waals surface area contributed by atoms with E-state index in [1.54, 1.807) is 19.6 Å². The first-order valence-corrected chi connectivity index (χ1v) is 12.5. The summed E-state index contributed by atoms with van der Waals surface area (Å²) in [5, 5.41) is 0. The summed E-state index contributed by atoms with van der Waals surface area (Å²) >= 11 is -6.04. The minimum absolute atomic E-state index is 0.354. The number of benzene rings is 1. The van der Waals surface area contributed by atoms with Gasteiger partial charge < -0.3 is 21.7 Å². The van der Waals surface area contributed by atoms with Crippen molar-refractivity contribution in [2.45, 2.75) is 19.6 Å². The second kappa shape index (κ2) is 7.69. The second-order valence-electron chi connectivity index (χ2n) is 4.87. The summed E-state index contributed by atoms with van der Waals surface area (Å²) in [5.41, 5.74) is 0. The molecule has 14 heteroatoms. The minimum Gasteiger partial charge on any atom is -0.740 e. The van der Waals surface area contributed by atoms with E-state index >= 15 is 0 Å². The molecule has 2 atom stereocenters. The maximum atomic E-state index is 11.7. The van der Waals surface area contributed by atoms with Crippen LogP contribution in [0.1, 0.15) is 0 Å². The molecule has 1 aromatic carbocycles. The van der Waals surface area contributed by atoms with E-state index in [0.717, 1.165) is 18.2 Å². The molecule has 0 saturated heterocycles. The van der Waals surface area contributed by atoms with Crippen molar-refractivity contribution >= 4 is 41.4 Å². The molecule has 0 radical (unpaired) electrons. The van der Waals surface area contributed by atoms with Crippen LogP contribution >= 0.6 is 0 Å². The van der Waals surface area contributed by atoms with E-state index in [4.69, 9.17) is 3.87 Å². The zero-order valence-corrected chi connectivity index (χ0v) is 15.5. The van der Waals surface area contributed by atoms with Gasteiger partial charge in [-0.25, -0.2) is 8.42 Å². The summed E-state index contributed by atoms with van der Waals surface area (Å²) in [7, 11) is -6.85. The van der Waals surface area contributed by atoms with Gasteiger partial charge in [-0.2, -0.15) is 8.42 Å². The lowest BCUT2D eigenvalue weighted by atomic mass is 10.3. The van der Waals surface area contributed by atoms with Gasteiger partial charge in [0.15, 0.2) is 11.5 Å². The SMILES string of the molecule is C[Si](C)(C)OS(=O)(=O)Oc1ccc(OS(=O)[O-])c(OS(=O)[O-])c1. The van der Waals surface area contributed by atoms with Crippen LogP contribution in [0, 0.1) is 0 Å². The Morgan fingerprint density at radius 1 is 1.00 bits per heavy atom. The fraction of sp³-hybridized carbons (Fsp3) is 0.333. The lowest BCUT2D eigenvalue weighted by molar-refractivity contribution is 0.387. The van der Waals surface area contributed by atoms with Crippen LogP contribution in [-0.2, 0) is 37.0 Å². The Morgan fingerprint density at radius 3 is 2.00 bits per heavy atom. The molecule has 0 aliphatic rings. The van der Waals surface area contributed by atoms with Crippen molar-refractivity contribution in [2.24, 2.45) is 0 Å². The first-order chi connectivity index (χ1) is 10.4. The molecule has 1 rings (SSSR count). The van der Waals surface area contributed by atoms with Gasteiger partial charge in [-0.1, -0.05) is 0 Å². The Balaban J connectivity index is 3.09. The molecule has 0 spiro atoms. The molecule has 0 bridgehead atoms. The Labute approximate surface area is 139 Å². The van der Waals surface area contributed by atoms with E-state index in [1.165, 1.54) is 0 Å². The van der Waals surface area contributed by atoms with Crippen LogP contribution in [-0.4, -0.2) is 34.3 Å². The molecular formula is C9H12O10S3Si-2. The predicted octanol–water partition coefficient (Wildman–Crippen LogP) is 0.508. The first-order valence-electron chi connectivity index (χ1n) is 5.72. The van der Waals surface area contributed by atoms with E-state index in [2.05, 4.69) is 12.5 Å². The fourth-order valence-corrected chi connectivity index (χ4v) is 4.75. The second-order valence-corrected chi connectivity index (χ2v) is 11.9. The van der Waals surface area contributed by atoms with E-state index in [0.29, 0.717) is 0 Å². The Bertz CT molecular complexity index is 711. The molecule has 1 aromatic rings. The molecule has 0 aromatic heterocycles. The standard InChI is InChI=1S/C9H14O10S3Si/c1-23(2,3)19-22(14,15)18-7-4-5-8(16-20(10)11)9(6-7)17-21(12)13/h4-6H,1-3H3,(H,10,11)(H,12,13)/p-2. The van der Waals surface area contributed by atoms with Gasteiger partial charge in [0.25, 0.3) is 0 Å². The predicted molar refractivity (Wildman–Crippen MR) is 79.5 cm³/mol. The van der Waals surface area contributed by atoms with Crippen molar-refractivity contribution in [3.63, 3.8) is 0 Å². The van der Waals surface area contributed by atoms with Crippen molar-refractivity contribution in [2.75, 3.05) is 0 Å². The molecule has 0 amide bonds. The molecule has 0 saturated carbocycles. The summed E-state index contributed by atoms with van der Waals surface area (Å²) in [6.07, 6.45) is 0. The van der Waals surface area contributed by atoms with E-state index in [1.807, 2.05) is 0 Å². The van der Waals surface area contributed by atoms with Gasteiger partial charge in [-0.05, 0) is 31.8 Å². The van der Waals surface area contributed by atoms with Gasteiger partial charge >= 0.3 is 10.4 Å². The topological polar surface area (TPSA) is 151 Å². The molecule has 0 aliphatic heterocycles. The van der Waals surface area contributed by atoms with E-state index in [9.17, 15) is 25.9 Å². The number of rotatable bonds is 8. The molecule has 0 N–H and O–H groups in total. The van der Waals surface area contributed by atoms with Crippen LogP contribution < -0.4 is 12.5 Å². The maximum Gasteiger partial charge on any atom is 0.438 e. The van der Waals surface area contributed by atoms with Gasteiger partial charge in [0.1, 0.15) is 28.5 Å². The van der Waals surface area contributed by atoms with Crippen LogP contribution in [0.2, 0.25) is 19.6 Å². The highest BCUT2D eigenvalue weighted by atomic mass is 32.3. The molecule has 0 fully saturated rings. The van der Waals surface area contributed by atoms with Crippen LogP contribution in [0.15, 0.2) is 18.2 Å². The van der Waals surface area contributed by atoms with Gasteiger partial charge in [-0.3, -0.25) is 3.87 Å². The first kappa shape index (κ1) is 20.0. The molecule has 2 unspecified atom stereocenters. The molecular weight excluding hydrogens is 392 g/mol. The van der Waals surface area contributed by atoms with Crippen molar-refractivity contribution in [1.29, 1.82) is 0 Å². The van der Waals surface area contributed by atoms with Crippen molar-refractivity contribution in [3.8, 4) is 17.2 Å². The summed E-state index contributed by atoms with van der Waals surface area (Å²) < 4.78 is 83.7. The summed E-state index contributed by atoms with van der Waals surface area (Å²) in [4.78, 5) is 0. The highest BCUT2D eigenvalue weighted by Gasteiger charge is 2.26. The molecule has 132 valence electrons. The summed E-state index contributed by atoms with van der Waals surface area (Å²) in [6, 6.07) is 2.81. The molecule has 0 heterocycles. The lowest BCUT2D eigenvalue weighted by Gasteiger charge is -2.17. The normalized spacial score (nSPS) is 14.8. The fourth-order valence-electron chi connectivity index (χ4n) is 1.26. The van der Waals surface area contributed by atoms with Crippen LogP contribution in [0.25, 0.3) is 0 Å². The highest BCUT2D eigenvalue weighted by molar-refractivity contribution is 7.83. The van der Waals surface area contributed by atoms with Crippen molar-refractivity contribution in [1.82, 2.24) is 0 Å². The third-order valence-electron chi connectivity index (χ3n) is 1.78. The molecule has 23 heavy (non-hydrogen) atoms. The maximum absolute atomic E-state index is 11.7. The van der Waals surface area contributed by atoms with E-state index in [-0.39, 0.29) is 5.75 Å². The third-order valence-corrected chi connectivity index (χ3v) is 5.63. The van der Waals surface area contributed by atoms with Gasteiger partial charge in [-0.15, -0.1) is 0 Å². The average Bonchev–Trinajstić information content (AvgIpc) is 2.27. The highest BCUT2D eigenvalue weighted by Crippen LogP contribution is 2.33. The number of hydrogen-bond acceptors (Lipinski definition) is 10. The average molecular weight is 404 g/mol. The zero-order chi connectivity index (χ0) is 17.8. The van der Waals surface area contributed by atoms with Crippen LogP contribution in [0.3, 0.4) is 0 Å². The minimum atomic E-state index is -4.38. The largest absolute Gasteiger partial charge is 0.740 e. The summed E-state index contributed by atoms with van der Waals surface area (Å²) in [5.74, 6) is -1.41. The molecule has 10 nitrogen and oxygen atoms in total. The monoisotopic (exact) mass is 404 g/mol. The van der Waals surface area contributed by atoms with Crippen molar-refractivity contribution in [3.05, 3.63) is 18.2 Å². The quantitative estimate of drug-likeness (QED) is 0.442. The summed E-state index contributed by atoms with van der Waals surface area (Å²) in [6.45, 7) is 4.84. The van der Waals surface area contributed by atoms with Gasteiger partial charge in [0, 0.05) is 6.07 Å². The van der Waals surface area contributed by atoms with Gasteiger partial charge in [0.2, 0.25) is 8.32 Å². The zero-order valence-electron chi connectivity index (χ0n) is 12.0. The third kappa shape index (κ3) is 7.87. The van der Waals surface area contributed by atoms with Crippen molar-refractivity contribution < 1.29 is 42.4 Å². The number of hydrogen-bond donors (Lipinski definition) is 0. The van der Waals surface area contributed by atoms with Gasteiger partial charge in [0.05, 0.1) is 0 Å². The Kier molecular flexibility index (Phi) is 6.69. The van der Waals surface area contributed by atoms with Crippen LogP contribution in [0.5, 0.6) is 17.2 Å². The lowest BCUT2D eigenvalue weighted by Crippen LogP contribution is -2.31. The smallest absolute Gasteiger partial charge is 0.438 e. The molecule has 0 aliphatic carbocycles.